The zero-order chi connectivity index (χ0) is 21.8. The summed E-state index contributed by atoms with van der Waals surface area (Å²) in [5.41, 5.74) is 0.287. The van der Waals surface area contributed by atoms with Crippen molar-refractivity contribution in [1.29, 1.82) is 0 Å². The first-order valence-corrected chi connectivity index (χ1v) is 10.4. The summed E-state index contributed by atoms with van der Waals surface area (Å²) < 4.78 is 6.23. The fourth-order valence-corrected chi connectivity index (χ4v) is 4.18. The first-order valence-electron chi connectivity index (χ1n) is 9.16. The number of anilines is 1. The molecule has 0 radical (unpaired) electrons. The molecule has 158 valence electrons. The number of fused-ring (bicyclic) bond motifs is 1. The highest BCUT2D eigenvalue weighted by Gasteiger charge is 2.28. The normalized spacial score (nSPS) is 11.1. The van der Waals surface area contributed by atoms with E-state index >= 15 is 0 Å². The Labute approximate surface area is 182 Å². The molecule has 0 unspecified atom stereocenters. The number of amides is 1. The number of nitro groups is 1. The van der Waals surface area contributed by atoms with Gasteiger partial charge in [0.05, 0.1) is 16.7 Å². The average Bonchev–Trinajstić information content (AvgIpc) is 3.14. The molecule has 30 heavy (non-hydrogen) atoms. The Hall–Kier alpha value is -2.75. The number of hydrogen-bond acceptors (Lipinski definition) is 7. The van der Waals surface area contributed by atoms with Gasteiger partial charge in [0.1, 0.15) is 16.8 Å². The number of aromatic nitrogens is 1. The van der Waals surface area contributed by atoms with Crippen LogP contribution in [0.15, 0.2) is 36.4 Å². The minimum atomic E-state index is -0.580. The minimum absolute atomic E-state index is 0.0661. The van der Waals surface area contributed by atoms with E-state index in [1.54, 1.807) is 13.2 Å². The summed E-state index contributed by atoms with van der Waals surface area (Å²) in [5, 5.41) is 12.2. The maximum atomic E-state index is 13.4. The second kappa shape index (κ2) is 9.38. The van der Waals surface area contributed by atoms with Crippen LogP contribution in [0.1, 0.15) is 16.8 Å². The number of carbonyl (C=O) groups is 1. The number of benzene rings is 2. The van der Waals surface area contributed by atoms with Crippen LogP contribution in [0.25, 0.3) is 10.2 Å². The summed E-state index contributed by atoms with van der Waals surface area (Å²) in [6.07, 6.45) is 0.667. The van der Waals surface area contributed by atoms with E-state index < -0.39 is 10.8 Å². The third-order valence-corrected chi connectivity index (χ3v) is 5.72. The molecule has 0 aliphatic heterocycles. The van der Waals surface area contributed by atoms with Crippen molar-refractivity contribution in [2.75, 3.05) is 39.2 Å². The zero-order valence-electron chi connectivity index (χ0n) is 16.8. The average molecular weight is 449 g/mol. The van der Waals surface area contributed by atoms with Crippen molar-refractivity contribution in [3.8, 4) is 5.75 Å². The monoisotopic (exact) mass is 448 g/mol. The van der Waals surface area contributed by atoms with E-state index in [1.807, 2.05) is 31.1 Å². The quantitative estimate of drug-likeness (QED) is 0.373. The molecule has 0 saturated heterocycles. The van der Waals surface area contributed by atoms with Gasteiger partial charge in [-0.05, 0) is 51.3 Å². The van der Waals surface area contributed by atoms with Gasteiger partial charge in [-0.1, -0.05) is 29.0 Å². The van der Waals surface area contributed by atoms with Gasteiger partial charge < -0.3 is 9.64 Å². The molecule has 1 aromatic heterocycles. The van der Waals surface area contributed by atoms with E-state index in [0.29, 0.717) is 29.4 Å². The molecule has 3 aromatic rings. The Morgan fingerprint density at radius 3 is 2.70 bits per heavy atom. The second-order valence-electron chi connectivity index (χ2n) is 6.84. The van der Waals surface area contributed by atoms with Gasteiger partial charge in [0.15, 0.2) is 5.13 Å². The van der Waals surface area contributed by atoms with E-state index in [9.17, 15) is 14.9 Å². The molecule has 2 aromatic carbocycles. The van der Waals surface area contributed by atoms with Gasteiger partial charge in [-0.2, -0.15) is 0 Å². The molecule has 0 aliphatic rings. The number of para-hydroxylation sites is 1. The third-order valence-electron chi connectivity index (χ3n) is 4.44. The van der Waals surface area contributed by atoms with Crippen LogP contribution in [-0.4, -0.2) is 55.0 Å². The molecule has 0 spiro atoms. The first-order chi connectivity index (χ1) is 14.3. The lowest BCUT2D eigenvalue weighted by atomic mass is 10.1. The Bertz CT molecular complexity index is 1090. The molecular weight excluding hydrogens is 428 g/mol. The van der Waals surface area contributed by atoms with Gasteiger partial charge in [0.2, 0.25) is 0 Å². The smallest absolute Gasteiger partial charge is 0.282 e. The summed E-state index contributed by atoms with van der Waals surface area (Å²) in [4.78, 5) is 32.4. The molecule has 1 amide bonds. The van der Waals surface area contributed by atoms with Crippen LogP contribution in [0.3, 0.4) is 0 Å². The molecule has 10 heteroatoms. The summed E-state index contributed by atoms with van der Waals surface area (Å²) in [6.45, 7) is 1.10. The van der Waals surface area contributed by atoms with Crippen LogP contribution < -0.4 is 9.64 Å². The zero-order valence-corrected chi connectivity index (χ0v) is 18.4. The first kappa shape index (κ1) is 21.9. The highest BCUT2D eigenvalue weighted by Crippen LogP contribution is 2.35. The molecule has 0 N–H and O–H groups in total. The van der Waals surface area contributed by atoms with Gasteiger partial charge in [0, 0.05) is 17.6 Å². The fourth-order valence-electron chi connectivity index (χ4n) is 3.01. The third kappa shape index (κ3) is 4.69. The van der Waals surface area contributed by atoms with Gasteiger partial charge in [-0.15, -0.1) is 0 Å². The van der Waals surface area contributed by atoms with Crippen LogP contribution in [-0.2, 0) is 0 Å². The van der Waals surface area contributed by atoms with Crippen molar-refractivity contribution in [3.05, 3.63) is 57.1 Å². The highest BCUT2D eigenvalue weighted by molar-refractivity contribution is 7.22. The topological polar surface area (TPSA) is 88.8 Å². The van der Waals surface area contributed by atoms with Gasteiger partial charge in [-0.25, -0.2) is 4.98 Å². The molecule has 8 nitrogen and oxygen atoms in total. The SMILES string of the molecule is COc1cccc2sc(N(CCCN(C)C)C(=O)c3cc(Cl)ccc3[N+](=O)[O-])nc12. The molecule has 0 atom stereocenters. The summed E-state index contributed by atoms with van der Waals surface area (Å²) in [7, 11) is 5.44. The Morgan fingerprint density at radius 2 is 2.03 bits per heavy atom. The molecule has 3 rings (SSSR count). The minimum Gasteiger partial charge on any atom is -0.494 e. The van der Waals surface area contributed by atoms with Gasteiger partial charge >= 0.3 is 0 Å². The van der Waals surface area contributed by atoms with E-state index in [4.69, 9.17) is 16.3 Å². The number of rotatable bonds is 8. The van der Waals surface area contributed by atoms with Crippen molar-refractivity contribution in [3.63, 3.8) is 0 Å². The van der Waals surface area contributed by atoms with Crippen LogP contribution >= 0.6 is 22.9 Å². The maximum absolute atomic E-state index is 13.4. The fraction of sp³-hybridized carbons (Fsp3) is 0.300. The molecule has 0 aliphatic carbocycles. The number of thiazole rings is 1. The number of halogens is 1. The molecule has 0 fully saturated rings. The van der Waals surface area contributed by atoms with E-state index in [-0.39, 0.29) is 16.3 Å². The Balaban J connectivity index is 2.06. The lowest BCUT2D eigenvalue weighted by Gasteiger charge is -2.21. The predicted octanol–water partition coefficient (Wildman–Crippen LogP) is 4.47. The summed E-state index contributed by atoms with van der Waals surface area (Å²) in [5.74, 6) is 0.0883. The standard InChI is InChI=1S/C20H21ClN4O4S/c1-23(2)10-5-11-24(19(26)14-12-13(21)8-9-15(14)25(27)28)20-22-18-16(29-3)6-4-7-17(18)30-20/h4,6-9,12H,5,10-11H2,1-3H3. The Kier molecular flexibility index (Phi) is 6.86. The van der Waals surface area contributed by atoms with Gasteiger partial charge in [-0.3, -0.25) is 19.8 Å². The number of methoxy groups -OCH3 is 1. The highest BCUT2D eigenvalue weighted by atomic mass is 35.5. The van der Waals surface area contributed by atoms with Crippen LogP contribution in [0, 0.1) is 10.1 Å². The van der Waals surface area contributed by atoms with Crippen LogP contribution in [0.5, 0.6) is 5.75 Å². The number of nitrogens with zero attached hydrogens (tertiary/aromatic N) is 4. The van der Waals surface area contributed by atoms with Crippen molar-refractivity contribution in [1.82, 2.24) is 9.88 Å². The molecule has 1 heterocycles. The number of nitro benzene ring substituents is 1. The summed E-state index contributed by atoms with van der Waals surface area (Å²) >= 11 is 7.37. The lowest BCUT2D eigenvalue weighted by Crippen LogP contribution is -2.33. The van der Waals surface area contributed by atoms with Crippen molar-refractivity contribution in [2.45, 2.75) is 6.42 Å². The number of ether oxygens (including phenoxy) is 1. The number of carbonyl (C=O) groups excluding carboxylic acids is 1. The predicted molar refractivity (Wildman–Crippen MR) is 119 cm³/mol. The molecular formula is C20H21ClN4O4S. The number of hydrogen-bond donors (Lipinski definition) is 0. The van der Waals surface area contributed by atoms with Gasteiger partial charge in [0.25, 0.3) is 11.6 Å². The van der Waals surface area contributed by atoms with Crippen molar-refractivity contribution < 1.29 is 14.5 Å². The maximum Gasteiger partial charge on any atom is 0.282 e. The molecule has 0 saturated carbocycles. The Morgan fingerprint density at radius 1 is 1.27 bits per heavy atom. The van der Waals surface area contributed by atoms with Crippen LogP contribution in [0.2, 0.25) is 5.02 Å². The van der Waals surface area contributed by atoms with E-state index in [0.717, 1.165) is 11.2 Å². The largest absolute Gasteiger partial charge is 0.494 e. The second-order valence-corrected chi connectivity index (χ2v) is 8.28. The van der Waals surface area contributed by atoms with Crippen LogP contribution in [0.4, 0.5) is 10.8 Å². The summed E-state index contributed by atoms with van der Waals surface area (Å²) in [6, 6.07) is 9.51. The molecule has 0 bridgehead atoms. The lowest BCUT2D eigenvalue weighted by molar-refractivity contribution is -0.385. The van der Waals surface area contributed by atoms with Crippen molar-refractivity contribution in [2.24, 2.45) is 0 Å². The van der Waals surface area contributed by atoms with E-state index in [2.05, 4.69) is 4.98 Å². The van der Waals surface area contributed by atoms with Crippen molar-refractivity contribution >= 4 is 49.9 Å². The van der Waals surface area contributed by atoms with E-state index in [1.165, 1.54) is 34.4 Å².